The fourth-order valence-electron chi connectivity index (χ4n) is 3.53. The first-order valence-electron chi connectivity index (χ1n) is 9.44. The lowest BCUT2D eigenvalue weighted by Crippen LogP contribution is -2.22. The first-order chi connectivity index (χ1) is 13.3. The number of ether oxygens (including phenoxy) is 1. The summed E-state index contributed by atoms with van der Waals surface area (Å²) in [7, 11) is 0. The van der Waals surface area contributed by atoms with Crippen molar-refractivity contribution in [3.63, 3.8) is 0 Å². The van der Waals surface area contributed by atoms with Crippen molar-refractivity contribution in [3.8, 4) is 0 Å². The smallest absolute Gasteiger partial charge is 0.234 e. The van der Waals surface area contributed by atoms with Gasteiger partial charge in [0.15, 0.2) is 0 Å². The van der Waals surface area contributed by atoms with E-state index in [4.69, 9.17) is 4.74 Å². The maximum Gasteiger partial charge on any atom is 0.234 e. The van der Waals surface area contributed by atoms with Crippen LogP contribution in [0.1, 0.15) is 25.7 Å². The summed E-state index contributed by atoms with van der Waals surface area (Å²) in [4.78, 5) is 14.8. The fourth-order valence-corrected chi connectivity index (χ4v) is 4.21. The molecule has 1 atom stereocenters. The van der Waals surface area contributed by atoms with Crippen LogP contribution in [0.4, 0.5) is 11.4 Å². The van der Waals surface area contributed by atoms with Crippen LogP contribution in [0.2, 0.25) is 0 Å². The van der Waals surface area contributed by atoms with E-state index in [0.717, 1.165) is 43.9 Å². The second-order valence-corrected chi connectivity index (χ2v) is 7.77. The van der Waals surface area contributed by atoms with Gasteiger partial charge >= 0.3 is 0 Å². The van der Waals surface area contributed by atoms with Crippen molar-refractivity contribution in [3.05, 3.63) is 24.3 Å². The summed E-state index contributed by atoms with van der Waals surface area (Å²) in [6, 6.07) is 7.98. The highest BCUT2D eigenvalue weighted by Crippen LogP contribution is 2.29. The number of carbonyl (C=O) groups excluding carboxylic acids is 1. The SMILES string of the molecule is O=C(CSc1nnnn1C[C@H]1CCCO1)Nc1ccccc1N1CCCC1. The van der Waals surface area contributed by atoms with Crippen LogP contribution in [0.3, 0.4) is 0 Å². The van der Waals surface area contributed by atoms with Gasteiger partial charge in [-0.05, 0) is 48.2 Å². The summed E-state index contributed by atoms with van der Waals surface area (Å²) in [5.74, 6) is 0.207. The molecule has 9 heteroatoms. The standard InChI is InChI=1S/C18H24N6O2S/c25-17(19-15-7-1-2-8-16(15)23-9-3-4-10-23)13-27-18-20-21-22-24(18)12-14-6-5-11-26-14/h1-2,7-8,14H,3-6,9-13H2,(H,19,25)/t14-/m1/s1. The zero-order chi connectivity index (χ0) is 18.5. The Bertz CT molecular complexity index is 771. The van der Waals surface area contributed by atoms with E-state index in [1.807, 2.05) is 18.2 Å². The molecule has 0 spiro atoms. The third-order valence-corrected chi connectivity index (χ3v) is 5.81. The molecule has 4 rings (SSSR count). The highest BCUT2D eigenvalue weighted by molar-refractivity contribution is 7.99. The minimum atomic E-state index is -0.0571. The molecule has 0 radical (unpaired) electrons. The van der Waals surface area contributed by atoms with Gasteiger partial charge in [-0.25, -0.2) is 4.68 Å². The molecule has 2 fully saturated rings. The molecule has 27 heavy (non-hydrogen) atoms. The molecule has 3 heterocycles. The number of benzene rings is 1. The minimum absolute atomic E-state index is 0.0571. The van der Waals surface area contributed by atoms with Crippen molar-refractivity contribution in [1.82, 2.24) is 20.2 Å². The Morgan fingerprint density at radius 2 is 2.11 bits per heavy atom. The monoisotopic (exact) mass is 388 g/mol. The number of para-hydroxylation sites is 2. The maximum absolute atomic E-state index is 12.5. The van der Waals surface area contributed by atoms with Gasteiger partial charge < -0.3 is 15.0 Å². The summed E-state index contributed by atoms with van der Waals surface area (Å²) < 4.78 is 7.37. The van der Waals surface area contributed by atoms with Crippen LogP contribution < -0.4 is 10.2 Å². The number of tetrazole rings is 1. The van der Waals surface area contributed by atoms with Crippen molar-refractivity contribution in [2.45, 2.75) is 43.5 Å². The third kappa shape index (κ3) is 4.59. The fraction of sp³-hybridized carbons (Fsp3) is 0.556. The highest BCUT2D eigenvalue weighted by atomic mass is 32.2. The van der Waals surface area contributed by atoms with Crippen molar-refractivity contribution in [2.24, 2.45) is 0 Å². The summed E-state index contributed by atoms with van der Waals surface area (Å²) >= 11 is 1.35. The molecule has 144 valence electrons. The second-order valence-electron chi connectivity index (χ2n) is 6.83. The zero-order valence-electron chi connectivity index (χ0n) is 15.2. The molecule has 2 aliphatic rings. The maximum atomic E-state index is 12.5. The van der Waals surface area contributed by atoms with Crippen LogP contribution >= 0.6 is 11.8 Å². The molecule has 0 aliphatic carbocycles. The number of aromatic nitrogens is 4. The Hall–Kier alpha value is -2.13. The first-order valence-corrected chi connectivity index (χ1v) is 10.4. The van der Waals surface area contributed by atoms with Gasteiger partial charge in [0.1, 0.15) is 0 Å². The molecule has 1 aromatic carbocycles. The predicted molar refractivity (Wildman–Crippen MR) is 104 cm³/mol. The first kappa shape index (κ1) is 18.2. The minimum Gasteiger partial charge on any atom is -0.376 e. The number of rotatable bonds is 7. The van der Waals surface area contributed by atoms with E-state index in [0.29, 0.717) is 11.7 Å². The summed E-state index contributed by atoms with van der Waals surface area (Å²) in [5.41, 5.74) is 1.96. The van der Waals surface area contributed by atoms with Gasteiger partial charge in [-0.2, -0.15) is 0 Å². The lowest BCUT2D eigenvalue weighted by atomic mass is 10.2. The summed E-state index contributed by atoms with van der Waals surface area (Å²) in [6.45, 7) is 3.52. The Kier molecular flexibility index (Phi) is 5.88. The van der Waals surface area contributed by atoms with E-state index in [9.17, 15) is 4.79 Å². The van der Waals surface area contributed by atoms with E-state index in [1.54, 1.807) is 4.68 Å². The predicted octanol–water partition coefficient (Wildman–Crippen LogP) is 2.18. The lowest BCUT2D eigenvalue weighted by Gasteiger charge is -2.21. The summed E-state index contributed by atoms with van der Waals surface area (Å²) in [6.07, 6.45) is 4.66. The van der Waals surface area contributed by atoms with Crippen molar-refractivity contribution in [2.75, 3.05) is 35.7 Å². The number of hydrogen-bond donors (Lipinski definition) is 1. The van der Waals surface area contributed by atoms with E-state index >= 15 is 0 Å². The summed E-state index contributed by atoms with van der Waals surface area (Å²) in [5, 5.41) is 15.5. The van der Waals surface area contributed by atoms with Crippen LogP contribution in [0.15, 0.2) is 29.4 Å². The number of nitrogens with one attached hydrogen (secondary N) is 1. The highest BCUT2D eigenvalue weighted by Gasteiger charge is 2.20. The van der Waals surface area contributed by atoms with Crippen molar-refractivity contribution in [1.29, 1.82) is 0 Å². The van der Waals surface area contributed by atoms with Crippen LogP contribution in [0.5, 0.6) is 0 Å². The molecule has 1 N–H and O–H groups in total. The molecule has 1 aromatic heterocycles. The van der Waals surface area contributed by atoms with E-state index in [1.165, 1.54) is 24.6 Å². The van der Waals surface area contributed by atoms with E-state index < -0.39 is 0 Å². The number of carbonyl (C=O) groups is 1. The Labute approximate surface area is 162 Å². The molecule has 0 bridgehead atoms. The Morgan fingerprint density at radius 3 is 2.93 bits per heavy atom. The van der Waals surface area contributed by atoms with Gasteiger partial charge in [-0.1, -0.05) is 23.9 Å². The number of amides is 1. The molecule has 2 saturated heterocycles. The molecular formula is C18H24N6O2S. The van der Waals surface area contributed by atoms with Gasteiger partial charge in [0.05, 0.1) is 29.8 Å². The van der Waals surface area contributed by atoms with Crippen LogP contribution in [0.25, 0.3) is 0 Å². The topological polar surface area (TPSA) is 85.2 Å². The van der Waals surface area contributed by atoms with Gasteiger partial charge in [0.2, 0.25) is 11.1 Å². The molecule has 2 aromatic rings. The average Bonchev–Trinajstić information content (AvgIpc) is 3.44. The second kappa shape index (κ2) is 8.71. The van der Waals surface area contributed by atoms with Gasteiger partial charge in [0, 0.05) is 19.7 Å². The molecule has 0 saturated carbocycles. The number of hydrogen-bond acceptors (Lipinski definition) is 7. The van der Waals surface area contributed by atoms with E-state index in [-0.39, 0.29) is 17.8 Å². The normalized spacial score (nSPS) is 19.6. The van der Waals surface area contributed by atoms with E-state index in [2.05, 4.69) is 31.8 Å². The van der Waals surface area contributed by atoms with Crippen LogP contribution in [-0.4, -0.2) is 57.7 Å². The molecular weight excluding hydrogens is 364 g/mol. The Balaban J connectivity index is 1.34. The van der Waals surface area contributed by atoms with Crippen molar-refractivity contribution < 1.29 is 9.53 Å². The number of anilines is 2. The van der Waals surface area contributed by atoms with Gasteiger partial charge in [-0.15, -0.1) is 5.10 Å². The Morgan fingerprint density at radius 1 is 1.26 bits per heavy atom. The van der Waals surface area contributed by atoms with Gasteiger partial charge in [0.25, 0.3) is 0 Å². The van der Waals surface area contributed by atoms with Crippen LogP contribution in [0, 0.1) is 0 Å². The third-order valence-electron chi connectivity index (χ3n) is 4.86. The number of thioether (sulfide) groups is 1. The van der Waals surface area contributed by atoms with Crippen molar-refractivity contribution >= 4 is 29.0 Å². The molecule has 8 nitrogen and oxygen atoms in total. The molecule has 2 aliphatic heterocycles. The zero-order valence-corrected chi connectivity index (χ0v) is 16.0. The quantitative estimate of drug-likeness (QED) is 0.728. The molecule has 0 unspecified atom stereocenters. The molecule has 1 amide bonds. The lowest BCUT2D eigenvalue weighted by molar-refractivity contribution is -0.113. The van der Waals surface area contributed by atoms with Gasteiger partial charge in [-0.3, -0.25) is 4.79 Å². The number of nitrogens with zero attached hydrogens (tertiary/aromatic N) is 5. The van der Waals surface area contributed by atoms with Crippen LogP contribution in [-0.2, 0) is 16.1 Å². The average molecular weight is 388 g/mol. The largest absolute Gasteiger partial charge is 0.376 e.